The summed E-state index contributed by atoms with van der Waals surface area (Å²) in [5, 5.41) is 3.53. The van der Waals surface area contributed by atoms with Crippen molar-refractivity contribution in [3.8, 4) is 0 Å². The maximum atomic E-state index is 4.49. The minimum atomic E-state index is 0.679. The second-order valence-corrected chi connectivity index (χ2v) is 6.14. The molecule has 0 amide bonds. The van der Waals surface area contributed by atoms with Gasteiger partial charge in [-0.1, -0.05) is 58.3 Å². The zero-order chi connectivity index (χ0) is 14.0. The fraction of sp³-hybridized carbons (Fsp3) is 0.824. The van der Waals surface area contributed by atoms with E-state index in [2.05, 4.69) is 28.0 Å². The molecule has 0 atom stereocenters. The van der Waals surface area contributed by atoms with Crippen LogP contribution in [0.2, 0.25) is 0 Å². The van der Waals surface area contributed by atoms with E-state index in [1.54, 1.807) is 0 Å². The zero-order valence-corrected chi connectivity index (χ0v) is 13.1. The number of rotatable bonds is 9. The Morgan fingerprint density at radius 3 is 2.65 bits per heavy atom. The van der Waals surface area contributed by atoms with Crippen molar-refractivity contribution in [2.75, 3.05) is 11.9 Å². The molecule has 0 unspecified atom stereocenters. The van der Waals surface area contributed by atoms with Crippen LogP contribution in [0.4, 0.5) is 5.95 Å². The Bertz CT molecular complexity index is 353. The molecule has 1 fully saturated rings. The second-order valence-electron chi connectivity index (χ2n) is 6.14. The molecular weight excluding hydrogens is 246 g/mol. The van der Waals surface area contributed by atoms with Gasteiger partial charge >= 0.3 is 0 Å². The van der Waals surface area contributed by atoms with Gasteiger partial charge in [-0.05, 0) is 19.3 Å². The predicted molar refractivity (Wildman–Crippen MR) is 86.2 cm³/mol. The Labute approximate surface area is 124 Å². The van der Waals surface area contributed by atoms with Crippen LogP contribution < -0.4 is 5.32 Å². The van der Waals surface area contributed by atoms with E-state index in [9.17, 15) is 0 Å². The van der Waals surface area contributed by atoms with Crippen LogP contribution >= 0.6 is 0 Å². The minimum Gasteiger partial charge on any atom is -0.356 e. The number of anilines is 1. The van der Waals surface area contributed by atoms with Gasteiger partial charge in [0.1, 0.15) is 0 Å². The van der Waals surface area contributed by atoms with Crippen LogP contribution in [0.5, 0.6) is 0 Å². The first-order valence-electron chi connectivity index (χ1n) is 8.68. The summed E-state index contributed by atoms with van der Waals surface area (Å²) in [6.45, 7) is 3.34. The van der Waals surface area contributed by atoms with Crippen molar-refractivity contribution in [2.24, 2.45) is 0 Å². The third-order valence-corrected chi connectivity index (χ3v) is 4.45. The van der Waals surface area contributed by atoms with Crippen LogP contribution in [0.1, 0.15) is 83.6 Å². The van der Waals surface area contributed by atoms with Gasteiger partial charge in [-0.2, -0.15) is 0 Å². The van der Waals surface area contributed by atoms with E-state index in [4.69, 9.17) is 0 Å². The topological polar surface area (TPSA) is 29.9 Å². The lowest BCUT2D eigenvalue weighted by molar-refractivity contribution is 0.356. The molecule has 1 saturated carbocycles. The average molecular weight is 277 g/mol. The number of imidazole rings is 1. The first kappa shape index (κ1) is 15.4. The van der Waals surface area contributed by atoms with Crippen LogP contribution in [-0.4, -0.2) is 16.1 Å². The maximum Gasteiger partial charge on any atom is 0.203 e. The van der Waals surface area contributed by atoms with Crippen molar-refractivity contribution in [1.82, 2.24) is 9.55 Å². The Morgan fingerprint density at radius 1 is 1.10 bits per heavy atom. The lowest BCUT2D eigenvalue weighted by Gasteiger charge is -2.24. The number of nitrogens with zero attached hydrogens (tertiary/aromatic N) is 2. The maximum absolute atomic E-state index is 4.49. The monoisotopic (exact) mass is 277 g/mol. The van der Waals surface area contributed by atoms with Gasteiger partial charge in [0.05, 0.1) is 0 Å². The van der Waals surface area contributed by atoms with Crippen molar-refractivity contribution >= 4 is 5.95 Å². The first-order valence-corrected chi connectivity index (χ1v) is 8.68. The van der Waals surface area contributed by atoms with Crippen LogP contribution in [0.15, 0.2) is 12.4 Å². The molecule has 1 aliphatic rings. The quantitative estimate of drug-likeness (QED) is 0.632. The number of aromatic nitrogens is 2. The number of hydrogen-bond donors (Lipinski definition) is 1. The molecule has 1 N–H and O–H groups in total. The molecule has 1 heterocycles. The average Bonchev–Trinajstić information content (AvgIpc) is 2.96. The molecule has 0 aliphatic heterocycles. The molecule has 2 rings (SSSR count). The van der Waals surface area contributed by atoms with Crippen LogP contribution in [-0.2, 0) is 0 Å². The summed E-state index contributed by atoms with van der Waals surface area (Å²) >= 11 is 0. The van der Waals surface area contributed by atoms with Gasteiger partial charge in [-0.15, -0.1) is 0 Å². The highest BCUT2D eigenvalue weighted by Gasteiger charge is 2.17. The van der Waals surface area contributed by atoms with E-state index < -0.39 is 0 Å². The number of hydrogen-bond acceptors (Lipinski definition) is 2. The lowest BCUT2D eigenvalue weighted by Crippen LogP contribution is -2.16. The van der Waals surface area contributed by atoms with Crippen molar-refractivity contribution in [3.05, 3.63) is 12.4 Å². The third kappa shape index (κ3) is 4.84. The molecule has 3 nitrogen and oxygen atoms in total. The molecule has 20 heavy (non-hydrogen) atoms. The summed E-state index contributed by atoms with van der Waals surface area (Å²) < 4.78 is 2.37. The summed E-state index contributed by atoms with van der Waals surface area (Å²) in [6, 6.07) is 0.679. The molecule has 1 aromatic heterocycles. The Kier molecular flexibility index (Phi) is 6.96. The van der Waals surface area contributed by atoms with E-state index in [1.807, 2.05) is 6.20 Å². The highest BCUT2D eigenvalue weighted by atomic mass is 15.2. The summed E-state index contributed by atoms with van der Waals surface area (Å²) in [7, 11) is 0. The molecule has 0 bridgehead atoms. The van der Waals surface area contributed by atoms with Gasteiger partial charge in [0.2, 0.25) is 5.95 Å². The van der Waals surface area contributed by atoms with Gasteiger partial charge in [-0.25, -0.2) is 4.98 Å². The Balaban J connectivity index is 1.66. The van der Waals surface area contributed by atoms with Crippen LogP contribution in [0, 0.1) is 0 Å². The van der Waals surface area contributed by atoms with Gasteiger partial charge in [0.15, 0.2) is 0 Å². The lowest BCUT2D eigenvalue weighted by atomic mass is 9.95. The van der Waals surface area contributed by atoms with E-state index in [0.29, 0.717) is 6.04 Å². The van der Waals surface area contributed by atoms with Crippen LogP contribution in [0.3, 0.4) is 0 Å². The molecule has 114 valence electrons. The normalized spacial score (nSPS) is 16.4. The van der Waals surface area contributed by atoms with E-state index in [0.717, 1.165) is 12.5 Å². The van der Waals surface area contributed by atoms with Gasteiger partial charge in [0.25, 0.3) is 0 Å². The molecule has 3 heteroatoms. The van der Waals surface area contributed by atoms with Crippen molar-refractivity contribution in [2.45, 2.75) is 83.6 Å². The third-order valence-electron chi connectivity index (χ3n) is 4.45. The highest BCUT2D eigenvalue weighted by Crippen LogP contribution is 2.30. The van der Waals surface area contributed by atoms with Crippen molar-refractivity contribution < 1.29 is 0 Å². The Hall–Kier alpha value is -0.990. The molecule has 0 spiro atoms. The molecule has 1 aromatic rings. The van der Waals surface area contributed by atoms with Gasteiger partial charge in [0, 0.05) is 25.0 Å². The molecule has 0 saturated heterocycles. The van der Waals surface area contributed by atoms with Gasteiger partial charge < -0.3 is 9.88 Å². The number of unbranched alkanes of at least 4 members (excludes halogenated alkanes) is 5. The number of nitrogens with one attached hydrogen (secondary N) is 1. The van der Waals surface area contributed by atoms with Gasteiger partial charge in [-0.3, -0.25) is 0 Å². The largest absolute Gasteiger partial charge is 0.356 e. The second kappa shape index (κ2) is 9.04. The fourth-order valence-corrected chi connectivity index (χ4v) is 3.21. The summed E-state index contributed by atoms with van der Waals surface area (Å²) in [4.78, 5) is 4.49. The summed E-state index contributed by atoms with van der Waals surface area (Å²) in [5.41, 5.74) is 0. The van der Waals surface area contributed by atoms with Crippen LogP contribution in [0.25, 0.3) is 0 Å². The standard InChI is InChI=1S/C17H31N3/c1-2-3-4-5-6-10-13-18-17-19-14-15-20(17)16-11-8-7-9-12-16/h14-16H,2-13H2,1H3,(H,18,19). The molecule has 0 aromatic carbocycles. The summed E-state index contributed by atoms with van der Waals surface area (Å²) in [5.74, 6) is 1.09. The van der Waals surface area contributed by atoms with E-state index in [-0.39, 0.29) is 0 Å². The zero-order valence-electron chi connectivity index (χ0n) is 13.1. The SMILES string of the molecule is CCCCCCCCNc1nccn1C1CCCCC1. The Morgan fingerprint density at radius 2 is 1.85 bits per heavy atom. The van der Waals surface area contributed by atoms with Crippen molar-refractivity contribution in [3.63, 3.8) is 0 Å². The molecule has 0 radical (unpaired) electrons. The highest BCUT2D eigenvalue weighted by molar-refractivity contribution is 5.26. The summed E-state index contributed by atoms with van der Waals surface area (Å²) in [6.07, 6.45) is 19.0. The predicted octanol–water partition coefficient (Wildman–Crippen LogP) is 5.16. The minimum absolute atomic E-state index is 0.679. The first-order chi connectivity index (χ1) is 9.92. The molecular formula is C17H31N3. The fourth-order valence-electron chi connectivity index (χ4n) is 3.21. The van der Waals surface area contributed by atoms with Crippen molar-refractivity contribution in [1.29, 1.82) is 0 Å². The molecule has 1 aliphatic carbocycles. The smallest absolute Gasteiger partial charge is 0.203 e. The van der Waals surface area contributed by atoms with E-state index >= 15 is 0 Å². The van der Waals surface area contributed by atoms with E-state index in [1.165, 1.54) is 70.6 Å².